The molecule has 0 saturated heterocycles. The molecule has 2 aromatic carbocycles. The smallest absolute Gasteiger partial charge is 0.127 e. The lowest BCUT2D eigenvalue weighted by molar-refractivity contribution is 0.464. The van der Waals surface area contributed by atoms with Crippen molar-refractivity contribution < 1.29 is 9.84 Å². The molecule has 78 valence electrons. The van der Waals surface area contributed by atoms with Crippen LogP contribution in [-0.4, -0.2) is 5.11 Å². The number of hydrogen-bond donors (Lipinski definition) is 1. The van der Waals surface area contributed by atoms with Gasteiger partial charge in [0.15, 0.2) is 0 Å². The molecule has 0 amide bonds. The molecule has 0 unspecified atom stereocenters. The number of hydrogen-bond acceptors (Lipinski definition) is 2. The summed E-state index contributed by atoms with van der Waals surface area (Å²) in [6.07, 6.45) is 5.25. The molecule has 0 fully saturated rings. The van der Waals surface area contributed by atoms with Crippen LogP contribution in [-0.2, 0) is 0 Å². The van der Waals surface area contributed by atoms with Crippen molar-refractivity contribution in [2.45, 2.75) is 0 Å². The molecule has 16 heavy (non-hydrogen) atoms. The van der Waals surface area contributed by atoms with E-state index in [0.717, 1.165) is 5.56 Å². The summed E-state index contributed by atoms with van der Waals surface area (Å²) in [6.45, 7) is 0. The molecule has 0 atom stereocenters. The summed E-state index contributed by atoms with van der Waals surface area (Å²) in [5.74, 6) is 4.14. The predicted molar refractivity (Wildman–Crippen MR) is 62.6 cm³/mol. The topological polar surface area (TPSA) is 29.5 Å². The van der Waals surface area contributed by atoms with Crippen LogP contribution in [0.25, 0.3) is 0 Å². The van der Waals surface area contributed by atoms with Crippen LogP contribution < -0.4 is 4.74 Å². The Bertz CT molecular complexity index is 504. The molecule has 0 bridgehead atoms. The van der Waals surface area contributed by atoms with Crippen LogP contribution in [0.15, 0.2) is 48.5 Å². The maximum absolute atomic E-state index is 9.11. The summed E-state index contributed by atoms with van der Waals surface area (Å²) in [5, 5.41) is 9.11. The summed E-state index contributed by atoms with van der Waals surface area (Å²) in [5.41, 5.74) is 0.818. The van der Waals surface area contributed by atoms with E-state index < -0.39 is 0 Å². The molecule has 2 heteroatoms. The van der Waals surface area contributed by atoms with Gasteiger partial charge in [0.2, 0.25) is 0 Å². The fraction of sp³-hybridized carbons (Fsp3) is 0. The third-order valence-corrected chi connectivity index (χ3v) is 2.09. The maximum atomic E-state index is 9.11. The van der Waals surface area contributed by atoms with Crippen molar-refractivity contribution >= 4 is 0 Å². The molecule has 0 aliphatic carbocycles. The van der Waals surface area contributed by atoms with Gasteiger partial charge in [0.25, 0.3) is 0 Å². The van der Waals surface area contributed by atoms with Crippen molar-refractivity contribution in [2.24, 2.45) is 0 Å². The summed E-state index contributed by atoms with van der Waals surface area (Å²) >= 11 is 0. The second-order valence-corrected chi connectivity index (χ2v) is 3.26. The fourth-order valence-corrected chi connectivity index (χ4v) is 1.27. The number of ether oxygens (including phenoxy) is 1. The van der Waals surface area contributed by atoms with E-state index in [-0.39, 0.29) is 5.75 Å². The normalized spacial score (nSPS) is 9.44. The number of phenols is 1. The molecule has 0 radical (unpaired) electrons. The molecule has 0 aliphatic rings. The number of aromatic hydroxyl groups is 1. The summed E-state index contributed by atoms with van der Waals surface area (Å²) in [6, 6.07) is 13.8. The lowest BCUT2D eigenvalue weighted by Crippen LogP contribution is -1.83. The van der Waals surface area contributed by atoms with Gasteiger partial charge in [0.1, 0.15) is 17.2 Å². The van der Waals surface area contributed by atoms with Crippen LogP contribution in [0.1, 0.15) is 5.56 Å². The van der Waals surface area contributed by atoms with E-state index >= 15 is 0 Å². The summed E-state index contributed by atoms with van der Waals surface area (Å²) in [7, 11) is 0. The Labute approximate surface area is 94.1 Å². The van der Waals surface area contributed by atoms with Crippen LogP contribution >= 0.6 is 0 Å². The first-order chi connectivity index (χ1) is 7.78. The molecule has 1 N–H and O–H groups in total. The number of rotatable bonds is 2. The Morgan fingerprint density at radius 2 is 1.38 bits per heavy atom. The van der Waals surface area contributed by atoms with Gasteiger partial charge in [-0.3, -0.25) is 0 Å². The van der Waals surface area contributed by atoms with Gasteiger partial charge < -0.3 is 9.84 Å². The van der Waals surface area contributed by atoms with E-state index in [0.29, 0.717) is 11.5 Å². The SMILES string of the molecule is C#Cc1ccc(Oc2ccc(O)cc2)cc1. The molecule has 0 heterocycles. The second-order valence-electron chi connectivity index (χ2n) is 3.26. The van der Waals surface area contributed by atoms with E-state index in [1.807, 2.05) is 24.3 Å². The van der Waals surface area contributed by atoms with Crippen LogP contribution in [0.3, 0.4) is 0 Å². The zero-order valence-corrected chi connectivity index (χ0v) is 8.55. The molecule has 2 nitrogen and oxygen atoms in total. The van der Waals surface area contributed by atoms with E-state index in [4.69, 9.17) is 16.3 Å². The van der Waals surface area contributed by atoms with Crippen LogP contribution in [0.5, 0.6) is 17.2 Å². The lowest BCUT2D eigenvalue weighted by Gasteiger charge is -2.05. The van der Waals surface area contributed by atoms with Crippen molar-refractivity contribution in [1.29, 1.82) is 0 Å². The third-order valence-electron chi connectivity index (χ3n) is 2.09. The highest BCUT2D eigenvalue weighted by molar-refractivity contribution is 5.39. The molecule has 0 aliphatic heterocycles. The van der Waals surface area contributed by atoms with Gasteiger partial charge in [-0.25, -0.2) is 0 Å². The Kier molecular flexibility index (Phi) is 2.79. The van der Waals surface area contributed by atoms with Gasteiger partial charge in [0, 0.05) is 5.56 Å². The summed E-state index contributed by atoms with van der Waals surface area (Å²) in [4.78, 5) is 0. The monoisotopic (exact) mass is 210 g/mol. The van der Waals surface area contributed by atoms with Crippen molar-refractivity contribution in [3.8, 4) is 29.6 Å². The van der Waals surface area contributed by atoms with E-state index in [9.17, 15) is 0 Å². The van der Waals surface area contributed by atoms with Gasteiger partial charge in [-0.15, -0.1) is 6.42 Å². The number of phenolic OH excluding ortho intramolecular Hbond substituents is 1. The van der Waals surface area contributed by atoms with E-state index in [2.05, 4.69) is 5.92 Å². The second kappa shape index (κ2) is 4.41. The van der Waals surface area contributed by atoms with Gasteiger partial charge in [0.05, 0.1) is 0 Å². The van der Waals surface area contributed by atoms with Crippen molar-refractivity contribution in [2.75, 3.05) is 0 Å². The number of benzene rings is 2. The standard InChI is InChI=1S/C14H10O2/c1-2-11-3-7-13(8-4-11)16-14-9-5-12(15)6-10-14/h1,3-10,15H. The Balaban J connectivity index is 2.15. The van der Waals surface area contributed by atoms with E-state index in [1.165, 1.54) is 0 Å². The first-order valence-corrected chi connectivity index (χ1v) is 4.81. The first-order valence-electron chi connectivity index (χ1n) is 4.81. The first kappa shape index (κ1) is 10.1. The van der Waals surface area contributed by atoms with Crippen molar-refractivity contribution in [3.05, 3.63) is 54.1 Å². The maximum Gasteiger partial charge on any atom is 0.127 e. The van der Waals surface area contributed by atoms with Crippen LogP contribution in [0.2, 0.25) is 0 Å². The van der Waals surface area contributed by atoms with Crippen molar-refractivity contribution in [3.63, 3.8) is 0 Å². The average Bonchev–Trinajstić information content (AvgIpc) is 2.33. The molecular weight excluding hydrogens is 200 g/mol. The summed E-state index contributed by atoms with van der Waals surface area (Å²) < 4.78 is 5.55. The van der Waals surface area contributed by atoms with Crippen LogP contribution in [0, 0.1) is 12.3 Å². The van der Waals surface area contributed by atoms with Gasteiger partial charge in [-0.1, -0.05) is 5.92 Å². The third kappa shape index (κ3) is 2.34. The molecule has 2 aromatic rings. The molecule has 0 aromatic heterocycles. The predicted octanol–water partition coefficient (Wildman–Crippen LogP) is 3.17. The minimum Gasteiger partial charge on any atom is -0.508 e. The molecule has 2 rings (SSSR count). The highest BCUT2D eigenvalue weighted by Gasteiger charge is 1.97. The quantitative estimate of drug-likeness (QED) is 0.771. The Hall–Kier alpha value is -2.40. The Morgan fingerprint density at radius 3 is 1.88 bits per heavy atom. The average molecular weight is 210 g/mol. The largest absolute Gasteiger partial charge is 0.508 e. The van der Waals surface area contributed by atoms with Gasteiger partial charge >= 0.3 is 0 Å². The highest BCUT2D eigenvalue weighted by Crippen LogP contribution is 2.23. The Morgan fingerprint density at radius 1 is 0.875 bits per heavy atom. The highest BCUT2D eigenvalue weighted by atomic mass is 16.5. The van der Waals surface area contributed by atoms with E-state index in [1.54, 1.807) is 24.3 Å². The van der Waals surface area contributed by atoms with Gasteiger partial charge in [-0.2, -0.15) is 0 Å². The lowest BCUT2D eigenvalue weighted by atomic mass is 10.2. The van der Waals surface area contributed by atoms with Gasteiger partial charge in [-0.05, 0) is 48.5 Å². The zero-order chi connectivity index (χ0) is 11.4. The minimum absolute atomic E-state index is 0.218. The van der Waals surface area contributed by atoms with Crippen molar-refractivity contribution in [1.82, 2.24) is 0 Å². The molecular formula is C14H10O2. The molecule has 0 saturated carbocycles. The molecule has 0 spiro atoms. The minimum atomic E-state index is 0.218. The number of terminal acetylenes is 1. The fourth-order valence-electron chi connectivity index (χ4n) is 1.27. The van der Waals surface area contributed by atoms with Crippen LogP contribution in [0.4, 0.5) is 0 Å². The zero-order valence-electron chi connectivity index (χ0n) is 8.55.